The van der Waals surface area contributed by atoms with E-state index in [1.165, 1.54) is 6.92 Å². The summed E-state index contributed by atoms with van der Waals surface area (Å²) in [5.74, 6) is 0. The number of ether oxygens (including phenoxy) is 1. The molecule has 14 nitrogen and oxygen atoms in total. The molecule has 1 saturated heterocycles. The fourth-order valence-electron chi connectivity index (χ4n) is 2.18. The number of aromatic amines is 1. The molecule has 148 valence electrons. The van der Waals surface area contributed by atoms with Gasteiger partial charge in [0.05, 0.1) is 14.4 Å². The van der Waals surface area contributed by atoms with Gasteiger partial charge in [-0.05, 0) is 6.92 Å². The van der Waals surface area contributed by atoms with Gasteiger partial charge in [0.1, 0.15) is 18.3 Å². The van der Waals surface area contributed by atoms with Crippen LogP contribution in [0.4, 0.5) is 0 Å². The van der Waals surface area contributed by atoms with E-state index in [1.807, 2.05) is 4.98 Å². The summed E-state index contributed by atoms with van der Waals surface area (Å²) >= 11 is 0. The van der Waals surface area contributed by atoms with E-state index in [0.717, 1.165) is 10.8 Å². The minimum absolute atomic E-state index is 0.0914. The van der Waals surface area contributed by atoms with Crippen molar-refractivity contribution in [2.24, 2.45) is 0 Å². The van der Waals surface area contributed by atoms with E-state index in [1.54, 1.807) is 0 Å². The number of hydrogen-bond donors (Lipinski definition) is 3. The van der Waals surface area contributed by atoms with Crippen molar-refractivity contribution in [3.8, 4) is 0 Å². The fourth-order valence-corrected chi connectivity index (χ4v) is 3.68. The van der Waals surface area contributed by atoms with Gasteiger partial charge in [-0.2, -0.15) is 0 Å². The van der Waals surface area contributed by atoms with Gasteiger partial charge < -0.3 is 38.7 Å². The molecule has 16 heteroatoms. The number of rotatable bonds is 6. The molecule has 1 aromatic heterocycles. The average Bonchev–Trinajstić information content (AvgIpc) is 2.75. The van der Waals surface area contributed by atoms with Crippen molar-refractivity contribution in [2.45, 2.75) is 31.5 Å². The highest BCUT2D eigenvalue weighted by Crippen LogP contribution is 2.50. The quantitative estimate of drug-likeness (QED) is 0.376. The number of nitrogens with zero attached hydrogens (tertiary/aromatic N) is 1. The second kappa shape index (κ2) is 7.44. The van der Waals surface area contributed by atoms with E-state index in [-0.39, 0.29) is 5.56 Å². The molecule has 2 heterocycles. The van der Waals surface area contributed by atoms with Gasteiger partial charge in [0.2, 0.25) is 0 Å². The lowest BCUT2D eigenvalue weighted by Gasteiger charge is -2.35. The van der Waals surface area contributed by atoms with Crippen LogP contribution in [0.3, 0.4) is 0 Å². The molecule has 0 bridgehead atoms. The molecule has 5 atom stereocenters. The van der Waals surface area contributed by atoms with Gasteiger partial charge in [-0.3, -0.25) is 23.2 Å². The molecule has 1 fully saturated rings. The number of aliphatic hydroxyl groups excluding tert-OH is 2. The van der Waals surface area contributed by atoms with Gasteiger partial charge in [-0.1, -0.05) is 0 Å². The van der Waals surface area contributed by atoms with Crippen LogP contribution in [0, 0.1) is 6.92 Å². The third-order valence-corrected chi connectivity index (χ3v) is 5.42. The number of phosphoric acid groups is 2. The van der Waals surface area contributed by atoms with Gasteiger partial charge in [-0.25, -0.2) is 4.79 Å². The largest absolute Gasteiger partial charge is 0.790 e. The summed E-state index contributed by atoms with van der Waals surface area (Å²) in [5, 5.41) is 19.9. The van der Waals surface area contributed by atoms with Crippen LogP contribution in [-0.4, -0.2) is 44.7 Å². The van der Waals surface area contributed by atoms with E-state index in [4.69, 9.17) is 4.74 Å². The SMILES string of the molecule is Cc1cn(C2OC(COP(=O)([O-])OP(=O)([O-])[O-])C(O)C2O)c(=O)[nH]c1=O. The third kappa shape index (κ3) is 4.96. The molecule has 0 amide bonds. The number of phosphoric ester groups is 1. The third-order valence-electron chi connectivity index (χ3n) is 3.35. The van der Waals surface area contributed by atoms with Crippen molar-refractivity contribution in [3.63, 3.8) is 0 Å². The first-order chi connectivity index (χ1) is 11.8. The average molecular weight is 415 g/mol. The second-order valence-corrected chi connectivity index (χ2v) is 8.00. The molecule has 0 saturated carbocycles. The van der Waals surface area contributed by atoms with Crippen LogP contribution in [0.2, 0.25) is 0 Å². The first-order valence-corrected chi connectivity index (χ1v) is 9.75. The molecule has 0 radical (unpaired) electrons. The zero-order valence-corrected chi connectivity index (χ0v) is 14.7. The van der Waals surface area contributed by atoms with Crippen LogP contribution >= 0.6 is 15.6 Å². The van der Waals surface area contributed by atoms with Crippen LogP contribution in [0.1, 0.15) is 11.8 Å². The highest BCUT2D eigenvalue weighted by Gasteiger charge is 2.44. The Morgan fingerprint density at radius 1 is 1.27 bits per heavy atom. The number of hydrogen-bond acceptors (Lipinski definition) is 12. The summed E-state index contributed by atoms with van der Waals surface area (Å²) in [6, 6.07) is 0. The molecule has 0 spiro atoms. The Hall–Kier alpha value is -1.18. The molecule has 3 N–H and O–H groups in total. The number of aryl methyl sites for hydroxylation is 1. The van der Waals surface area contributed by atoms with Gasteiger partial charge in [-0.15, -0.1) is 0 Å². The fraction of sp³-hybridized carbons (Fsp3) is 0.600. The molecule has 26 heavy (non-hydrogen) atoms. The van der Waals surface area contributed by atoms with E-state index >= 15 is 0 Å². The molecular formula is C10H13N2O12P2-3. The monoisotopic (exact) mass is 415 g/mol. The minimum atomic E-state index is -5.89. The highest BCUT2D eigenvalue weighted by atomic mass is 31.3. The van der Waals surface area contributed by atoms with Crippen molar-refractivity contribution in [1.82, 2.24) is 9.55 Å². The topological polar surface area (TPSA) is 226 Å². The summed E-state index contributed by atoms with van der Waals surface area (Å²) in [7, 11) is -11.4. The number of H-pyrrole nitrogens is 1. The van der Waals surface area contributed by atoms with Crippen LogP contribution in [0.25, 0.3) is 0 Å². The predicted molar refractivity (Wildman–Crippen MR) is 74.2 cm³/mol. The van der Waals surface area contributed by atoms with Gasteiger partial charge in [0, 0.05) is 11.8 Å². The number of aromatic nitrogens is 2. The van der Waals surface area contributed by atoms with Crippen LogP contribution in [-0.2, 0) is 22.7 Å². The van der Waals surface area contributed by atoms with Crippen molar-refractivity contribution in [3.05, 3.63) is 32.6 Å². The number of aliphatic hydroxyl groups is 2. The molecule has 1 aliphatic rings. The van der Waals surface area contributed by atoms with Crippen molar-refractivity contribution >= 4 is 15.6 Å². The van der Waals surface area contributed by atoms with Crippen LogP contribution < -0.4 is 25.9 Å². The van der Waals surface area contributed by atoms with Crippen molar-refractivity contribution in [1.29, 1.82) is 0 Å². The zero-order valence-electron chi connectivity index (χ0n) is 12.9. The van der Waals surface area contributed by atoms with Crippen molar-refractivity contribution < 1.29 is 47.6 Å². The molecule has 0 aromatic carbocycles. The maximum Gasteiger partial charge on any atom is 0.330 e. The summed E-state index contributed by atoms with van der Waals surface area (Å²) in [5.41, 5.74) is -1.55. The lowest BCUT2D eigenvalue weighted by atomic mass is 10.1. The lowest BCUT2D eigenvalue weighted by Crippen LogP contribution is -2.38. The standard InChI is InChI=1S/C10H16N2O12P2/c1-4-2-12(10(16)11-8(4)15)9-7(14)6(13)5(23-9)3-22-26(20,21)24-25(17,18)19/h2,5-7,9,13-14H,3H2,1H3,(H,20,21)(H,11,15,16)(H2,17,18,19)/p-3. The molecule has 0 aliphatic carbocycles. The van der Waals surface area contributed by atoms with E-state index < -0.39 is 58.0 Å². The first kappa shape index (κ1) is 21.1. The van der Waals surface area contributed by atoms with Gasteiger partial charge >= 0.3 is 5.69 Å². The Morgan fingerprint density at radius 3 is 2.46 bits per heavy atom. The molecule has 1 aliphatic heterocycles. The Bertz CT molecular complexity index is 873. The predicted octanol–water partition coefficient (Wildman–Crippen LogP) is -4.21. The van der Waals surface area contributed by atoms with Gasteiger partial charge in [0.25, 0.3) is 13.4 Å². The molecular weight excluding hydrogens is 402 g/mol. The smallest absolute Gasteiger partial charge is 0.330 e. The highest BCUT2D eigenvalue weighted by molar-refractivity contribution is 7.58. The Balaban J connectivity index is 2.14. The summed E-state index contributed by atoms with van der Waals surface area (Å²) < 4.78 is 34.8. The van der Waals surface area contributed by atoms with Crippen LogP contribution in [0.5, 0.6) is 0 Å². The lowest BCUT2D eigenvalue weighted by molar-refractivity contribution is -0.339. The Morgan fingerprint density at radius 2 is 1.88 bits per heavy atom. The summed E-state index contributed by atoms with van der Waals surface area (Å²) in [4.78, 5) is 56.9. The van der Waals surface area contributed by atoms with E-state index in [2.05, 4.69) is 8.83 Å². The first-order valence-electron chi connectivity index (χ1n) is 6.83. The maximum absolute atomic E-state index is 11.8. The van der Waals surface area contributed by atoms with Crippen LogP contribution in [0.15, 0.2) is 15.8 Å². The van der Waals surface area contributed by atoms with E-state index in [9.17, 15) is 43.6 Å². The molecule has 5 unspecified atom stereocenters. The second-order valence-electron chi connectivity index (χ2n) is 5.30. The Labute approximate surface area is 144 Å². The molecule has 2 rings (SSSR count). The summed E-state index contributed by atoms with van der Waals surface area (Å²) in [6.45, 7) is 0.342. The van der Waals surface area contributed by atoms with E-state index in [0.29, 0.717) is 0 Å². The van der Waals surface area contributed by atoms with Gasteiger partial charge in [0.15, 0.2) is 6.23 Å². The normalized spacial score (nSPS) is 28.8. The number of nitrogens with one attached hydrogen (secondary N) is 1. The minimum Gasteiger partial charge on any atom is -0.790 e. The van der Waals surface area contributed by atoms with Crippen molar-refractivity contribution in [2.75, 3.05) is 6.61 Å². The zero-order chi connectivity index (χ0) is 19.9. The molecule has 1 aromatic rings. The Kier molecular flexibility index (Phi) is 6.05. The maximum atomic E-state index is 11.8. The summed E-state index contributed by atoms with van der Waals surface area (Å²) in [6.07, 6.45) is -5.44.